The maximum atomic E-state index is 14.7. The van der Waals surface area contributed by atoms with Gasteiger partial charge in [0.2, 0.25) is 11.6 Å². The molecule has 0 saturated heterocycles. The molecule has 0 bridgehead atoms. The van der Waals surface area contributed by atoms with Gasteiger partial charge in [0.25, 0.3) is 5.91 Å². The first-order chi connectivity index (χ1) is 16.3. The smallest absolute Gasteiger partial charge is 0.436 e. The first-order valence-electron chi connectivity index (χ1n) is 8.90. The fourth-order valence-electron chi connectivity index (χ4n) is 2.91. The number of carbonyl (C=O) groups is 2. The minimum Gasteiger partial charge on any atom is -0.436 e. The normalized spacial score (nSPS) is 19.0. The molecule has 0 spiro atoms. The summed E-state index contributed by atoms with van der Waals surface area (Å²) in [7, 11) is 0.588. The number of pyridine rings is 1. The van der Waals surface area contributed by atoms with Crippen LogP contribution in [-0.2, 0) is 11.0 Å². The number of benzene rings is 1. The van der Waals surface area contributed by atoms with E-state index in [1.807, 2.05) is 0 Å². The van der Waals surface area contributed by atoms with Gasteiger partial charge in [-0.15, -0.1) is 4.59 Å². The summed E-state index contributed by atoms with van der Waals surface area (Å²) in [4.78, 5) is 28.2. The Morgan fingerprint density at radius 1 is 0.972 bits per heavy atom. The summed E-state index contributed by atoms with van der Waals surface area (Å²) in [6.45, 7) is 0. The highest BCUT2D eigenvalue weighted by Gasteiger charge is 2.57. The van der Waals surface area contributed by atoms with Crippen molar-refractivity contribution in [1.82, 2.24) is 4.98 Å². The molecule has 1 unspecified atom stereocenters. The SMILES string of the molecule is C[N+]1(N)C(=O)N(c2cc(Oc3nc(C(F)(F)F)c(Cl)c(Cl)c3Cl)c(Cl)cc2F)C(=O)C=C1C(F)(F)F. The molecule has 3 rings (SSSR count). The Labute approximate surface area is 215 Å². The molecule has 194 valence electrons. The van der Waals surface area contributed by atoms with E-state index in [1.54, 1.807) is 0 Å². The highest BCUT2D eigenvalue weighted by atomic mass is 35.5. The van der Waals surface area contributed by atoms with Crippen molar-refractivity contribution in [2.75, 3.05) is 11.9 Å². The Morgan fingerprint density at radius 3 is 2.08 bits per heavy atom. The molecule has 0 aliphatic carbocycles. The Kier molecular flexibility index (Phi) is 7.20. The van der Waals surface area contributed by atoms with Crippen LogP contribution < -0.4 is 15.5 Å². The number of nitrogens with zero attached hydrogens (tertiary/aromatic N) is 3. The third kappa shape index (κ3) is 4.93. The van der Waals surface area contributed by atoms with E-state index in [-0.39, 0.29) is 11.0 Å². The number of hydrogen-bond acceptors (Lipinski definition) is 5. The van der Waals surface area contributed by atoms with Crippen LogP contribution in [0.5, 0.6) is 11.6 Å². The van der Waals surface area contributed by atoms with Gasteiger partial charge in [0.15, 0.2) is 5.69 Å². The number of quaternary nitrogens is 1. The molecule has 0 radical (unpaired) electrons. The molecule has 7 nitrogen and oxygen atoms in total. The van der Waals surface area contributed by atoms with Gasteiger partial charge in [-0.05, 0) is 6.07 Å². The van der Waals surface area contributed by atoms with E-state index in [0.717, 1.165) is 0 Å². The maximum absolute atomic E-state index is 14.7. The Bertz CT molecular complexity index is 1330. The number of aromatic nitrogens is 1. The van der Waals surface area contributed by atoms with Crippen molar-refractivity contribution in [2.45, 2.75) is 12.4 Å². The van der Waals surface area contributed by atoms with Gasteiger partial charge in [-0.25, -0.2) is 14.2 Å². The van der Waals surface area contributed by atoms with Gasteiger partial charge in [-0.3, -0.25) is 4.79 Å². The lowest BCUT2D eigenvalue weighted by Gasteiger charge is -2.35. The zero-order valence-corrected chi connectivity index (χ0v) is 20.1. The summed E-state index contributed by atoms with van der Waals surface area (Å²) in [6.07, 6.45) is -10.3. The Morgan fingerprint density at radius 2 is 1.56 bits per heavy atom. The average molecular weight is 603 g/mol. The van der Waals surface area contributed by atoms with Crippen molar-refractivity contribution in [3.63, 3.8) is 0 Å². The lowest BCUT2D eigenvalue weighted by atomic mass is 10.2. The van der Waals surface area contributed by atoms with Crippen LogP contribution in [0.15, 0.2) is 23.9 Å². The maximum Gasteiger partial charge on any atom is 0.469 e. The molecule has 36 heavy (non-hydrogen) atoms. The highest BCUT2D eigenvalue weighted by molar-refractivity contribution is 6.48. The van der Waals surface area contributed by atoms with E-state index < -0.39 is 83.5 Å². The van der Waals surface area contributed by atoms with Crippen LogP contribution in [0, 0.1) is 5.82 Å². The van der Waals surface area contributed by atoms with Gasteiger partial charge in [-0.1, -0.05) is 46.4 Å². The van der Waals surface area contributed by atoms with Gasteiger partial charge in [0.1, 0.15) is 23.6 Å². The summed E-state index contributed by atoms with van der Waals surface area (Å²) < 4.78 is 97.2. The molecule has 1 aromatic heterocycles. The molecule has 2 heterocycles. The topological polar surface area (TPSA) is 85.5 Å². The third-order valence-corrected chi connectivity index (χ3v) is 6.16. The molecule has 1 aliphatic rings. The Hall–Kier alpha value is -2.36. The van der Waals surface area contributed by atoms with Crippen LogP contribution >= 0.6 is 46.4 Å². The molecular weight excluding hydrogens is 595 g/mol. The molecule has 2 aromatic rings. The zero-order chi connectivity index (χ0) is 27.5. The van der Waals surface area contributed by atoms with Crippen LogP contribution in [-0.4, -0.2) is 34.7 Å². The second-order valence-corrected chi connectivity index (χ2v) is 8.64. The molecule has 0 saturated carbocycles. The molecule has 1 aromatic carbocycles. The van der Waals surface area contributed by atoms with E-state index in [4.69, 9.17) is 57.0 Å². The molecule has 1 atom stereocenters. The number of allylic oxidation sites excluding steroid dienone is 1. The van der Waals surface area contributed by atoms with Gasteiger partial charge in [0, 0.05) is 6.07 Å². The number of alkyl halides is 6. The minimum atomic E-state index is -5.19. The van der Waals surface area contributed by atoms with Crippen LogP contribution in [0.1, 0.15) is 5.69 Å². The number of rotatable bonds is 3. The molecule has 18 heteroatoms. The summed E-state index contributed by atoms with van der Waals surface area (Å²) in [5, 5.41) is -3.20. The third-order valence-electron chi connectivity index (χ3n) is 4.57. The summed E-state index contributed by atoms with van der Waals surface area (Å²) in [6, 6.07) is -0.729. The minimum absolute atomic E-state index is 0.0248. The fraction of sp³-hybridized carbons (Fsp3) is 0.167. The van der Waals surface area contributed by atoms with Crippen LogP contribution in [0.2, 0.25) is 20.1 Å². The number of anilines is 1. The largest absolute Gasteiger partial charge is 0.469 e. The van der Waals surface area contributed by atoms with E-state index >= 15 is 0 Å². The van der Waals surface area contributed by atoms with Crippen molar-refractivity contribution in [3.8, 4) is 11.6 Å². The number of carbonyl (C=O) groups excluding carboxylic acids is 2. The predicted octanol–water partition coefficient (Wildman–Crippen LogP) is 6.88. The van der Waals surface area contributed by atoms with Crippen molar-refractivity contribution in [2.24, 2.45) is 5.84 Å². The Balaban J connectivity index is 2.15. The highest BCUT2D eigenvalue weighted by Crippen LogP contribution is 2.46. The van der Waals surface area contributed by atoms with Gasteiger partial charge in [0.05, 0.1) is 26.8 Å². The fourth-order valence-corrected chi connectivity index (χ4v) is 3.74. The van der Waals surface area contributed by atoms with Gasteiger partial charge in [-0.2, -0.15) is 37.1 Å². The summed E-state index contributed by atoms with van der Waals surface area (Å²) in [5.74, 6) is 0.699. The molecule has 0 fully saturated rings. The number of hydrogen-bond donors (Lipinski definition) is 1. The van der Waals surface area contributed by atoms with Gasteiger partial charge < -0.3 is 4.74 Å². The van der Waals surface area contributed by atoms with Crippen LogP contribution in [0.4, 0.5) is 41.2 Å². The molecular formula is C18H8Cl4F7N4O3+. The van der Waals surface area contributed by atoms with Crippen molar-refractivity contribution in [1.29, 1.82) is 0 Å². The summed E-state index contributed by atoms with van der Waals surface area (Å²) >= 11 is 22.9. The van der Waals surface area contributed by atoms with E-state index in [2.05, 4.69) is 4.98 Å². The van der Waals surface area contributed by atoms with Crippen molar-refractivity contribution in [3.05, 3.63) is 55.5 Å². The van der Waals surface area contributed by atoms with Crippen molar-refractivity contribution < 1.29 is 49.7 Å². The second kappa shape index (κ2) is 9.19. The number of imide groups is 1. The van der Waals surface area contributed by atoms with Crippen molar-refractivity contribution >= 4 is 64.0 Å². The average Bonchev–Trinajstić information content (AvgIpc) is 2.72. The number of halogens is 11. The molecule has 3 amide bonds. The lowest BCUT2D eigenvalue weighted by molar-refractivity contribution is -0.812. The van der Waals surface area contributed by atoms with Crippen LogP contribution in [0.3, 0.4) is 0 Å². The first-order valence-corrected chi connectivity index (χ1v) is 10.4. The number of urea groups is 1. The van der Waals surface area contributed by atoms with E-state index in [9.17, 15) is 40.3 Å². The second-order valence-electron chi connectivity index (χ2n) is 7.10. The standard InChI is InChI=1S/C18H8Cl4F7N4O3/c1-33(30)9(17(24,25)26)4-10(34)32(16(33)35)7-3-8(5(19)2-6(7)23)36-15-13(22)11(20)12(21)14(31-15)18(27,28)29/h2-4H,30H2,1H3/q+1. The lowest BCUT2D eigenvalue weighted by Crippen LogP contribution is -2.66. The van der Waals surface area contributed by atoms with E-state index in [0.29, 0.717) is 19.2 Å². The summed E-state index contributed by atoms with van der Waals surface area (Å²) in [5.41, 5.74) is -4.44. The predicted molar refractivity (Wildman–Crippen MR) is 113 cm³/mol. The monoisotopic (exact) mass is 601 g/mol. The molecule has 2 N–H and O–H groups in total. The number of ether oxygens (including phenoxy) is 1. The quantitative estimate of drug-likeness (QED) is 0.179. The van der Waals surface area contributed by atoms with Crippen LogP contribution in [0.25, 0.3) is 0 Å². The number of amides is 3. The van der Waals surface area contributed by atoms with Gasteiger partial charge >= 0.3 is 18.4 Å². The van der Waals surface area contributed by atoms with E-state index in [1.165, 1.54) is 0 Å². The number of nitrogens with two attached hydrogens (primary N) is 1. The zero-order valence-electron chi connectivity index (χ0n) is 17.0. The first kappa shape index (κ1) is 28.2. The molecule has 1 aliphatic heterocycles.